The number of hydrogen-bond acceptors (Lipinski definition) is 4. The van der Waals surface area contributed by atoms with Gasteiger partial charge in [-0.25, -0.2) is 4.79 Å². The molecule has 3 rings (SSSR count). The molecule has 0 bridgehead atoms. The molecule has 29 heavy (non-hydrogen) atoms. The first-order chi connectivity index (χ1) is 14.0. The number of hydrogen-bond donors (Lipinski definition) is 3. The molecular formula is C22H24N2O5. The van der Waals surface area contributed by atoms with Crippen molar-refractivity contribution in [2.24, 2.45) is 0 Å². The molecule has 0 aromatic heterocycles. The molecule has 0 aliphatic heterocycles. The Bertz CT molecular complexity index is 873. The minimum atomic E-state index is -1.09. The molecule has 1 aliphatic carbocycles. The Morgan fingerprint density at radius 1 is 0.931 bits per heavy atom. The van der Waals surface area contributed by atoms with E-state index < -0.39 is 12.6 Å². The van der Waals surface area contributed by atoms with Gasteiger partial charge >= 0.3 is 5.97 Å². The van der Waals surface area contributed by atoms with E-state index in [1.165, 1.54) is 12.5 Å². The lowest BCUT2D eigenvalue weighted by molar-refractivity contribution is -0.139. The molecule has 2 aromatic carbocycles. The van der Waals surface area contributed by atoms with Gasteiger partial charge in [-0.1, -0.05) is 25.3 Å². The number of carbonyl (C=O) groups excluding carboxylic acids is 2. The van der Waals surface area contributed by atoms with Gasteiger partial charge in [0.1, 0.15) is 5.75 Å². The number of carboxylic acids is 1. The van der Waals surface area contributed by atoms with Gasteiger partial charge in [-0.3, -0.25) is 9.59 Å². The van der Waals surface area contributed by atoms with E-state index in [9.17, 15) is 14.4 Å². The number of rotatable bonds is 7. The Morgan fingerprint density at radius 3 is 2.34 bits per heavy atom. The van der Waals surface area contributed by atoms with Gasteiger partial charge in [-0.2, -0.15) is 0 Å². The van der Waals surface area contributed by atoms with Gasteiger partial charge in [0.2, 0.25) is 0 Å². The van der Waals surface area contributed by atoms with E-state index in [1.807, 2.05) is 0 Å². The van der Waals surface area contributed by atoms with Crippen molar-refractivity contribution < 1.29 is 24.2 Å². The predicted octanol–water partition coefficient (Wildman–Crippen LogP) is 3.46. The fourth-order valence-corrected chi connectivity index (χ4v) is 3.30. The lowest BCUT2D eigenvalue weighted by Crippen LogP contribution is -2.36. The summed E-state index contributed by atoms with van der Waals surface area (Å²) in [6.45, 7) is -0.477. The topological polar surface area (TPSA) is 105 Å². The maximum Gasteiger partial charge on any atom is 0.341 e. The highest BCUT2D eigenvalue weighted by atomic mass is 16.5. The van der Waals surface area contributed by atoms with Crippen molar-refractivity contribution in [2.75, 3.05) is 11.9 Å². The second kappa shape index (κ2) is 9.73. The highest BCUT2D eigenvalue weighted by Gasteiger charge is 2.16. The third kappa shape index (κ3) is 6.07. The molecular weight excluding hydrogens is 372 g/mol. The summed E-state index contributed by atoms with van der Waals surface area (Å²) in [6.07, 6.45) is 5.58. The Labute approximate surface area is 169 Å². The van der Waals surface area contributed by atoms with Crippen LogP contribution in [0.2, 0.25) is 0 Å². The summed E-state index contributed by atoms with van der Waals surface area (Å²) in [4.78, 5) is 35.4. The van der Waals surface area contributed by atoms with Crippen LogP contribution in [0.4, 0.5) is 5.69 Å². The molecule has 0 heterocycles. The van der Waals surface area contributed by atoms with Crippen LogP contribution in [0.25, 0.3) is 0 Å². The van der Waals surface area contributed by atoms with E-state index in [2.05, 4.69) is 10.6 Å². The average Bonchev–Trinajstić information content (AvgIpc) is 2.73. The fraction of sp³-hybridized carbons (Fsp3) is 0.318. The van der Waals surface area contributed by atoms with Crippen LogP contribution in [0.3, 0.4) is 0 Å². The quantitative estimate of drug-likeness (QED) is 0.665. The zero-order valence-corrected chi connectivity index (χ0v) is 16.0. The molecule has 3 N–H and O–H groups in total. The van der Waals surface area contributed by atoms with Crippen LogP contribution in [0.1, 0.15) is 52.8 Å². The van der Waals surface area contributed by atoms with Gasteiger partial charge in [0.05, 0.1) is 0 Å². The summed E-state index contributed by atoms with van der Waals surface area (Å²) in [5.74, 6) is -1.24. The number of anilines is 1. The smallest absolute Gasteiger partial charge is 0.341 e. The molecule has 0 saturated heterocycles. The van der Waals surface area contributed by atoms with Gasteiger partial charge in [0.15, 0.2) is 6.61 Å². The Hall–Kier alpha value is -3.35. The third-order valence-electron chi connectivity index (χ3n) is 4.80. The van der Waals surface area contributed by atoms with E-state index in [-0.39, 0.29) is 17.9 Å². The maximum atomic E-state index is 12.4. The fourth-order valence-electron chi connectivity index (χ4n) is 3.30. The molecule has 0 atom stereocenters. The molecule has 7 nitrogen and oxygen atoms in total. The normalized spacial score (nSPS) is 14.1. The summed E-state index contributed by atoms with van der Waals surface area (Å²) in [7, 11) is 0. The van der Waals surface area contributed by atoms with Gasteiger partial charge in [-0.15, -0.1) is 0 Å². The van der Waals surface area contributed by atoms with Crippen LogP contribution in [-0.2, 0) is 4.79 Å². The standard InChI is InChI=1S/C22H24N2O5/c25-20(26)14-29-19-8-4-5-16(13-19)22(28)24-18-11-9-15(10-12-18)21(27)23-17-6-2-1-3-7-17/h4-5,8-13,17H,1-3,6-7,14H2,(H,23,27)(H,24,28)(H,25,26). The zero-order chi connectivity index (χ0) is 20.6. The summed E-state index contributed by atoms with van der Waals surface area (Å²) < 4.78 is 5.09. The lowest BCUT2D eigenvalue weighted by Gasteiger charge is -2.22. The molecule has 0 spiro atoms. The minimum Gasteiger partial charge on any atom is -0.482 e. The number of amides is 2. The zero-order valence-electron chi connectivity index (χ0n) is 16.0. The largest absolute Gasteiger partial charge is 0.482 e. The third-order valence-corrected chi connectivity index (χ3v) is 4.80. The molecule has 2 aromatic rings. The number of carboxylic acid groups (broad SMARTS) is 1. The van der Waals surface area contributed by atoms with E-state index in [4.69, 9.17) is 9.84 Å². The highest BCUT2D eigenvalue weighted by molar-refractivity contribution is 6.04. The van der Waals surface area contributed by atoms with Gasteiger partial charge in [0, 0.05) is 22.9 Å². The monoisotopic (exact) mass is 396 g/mol. The molecule has 0 unspecified atom stereocenters. The van der Waals surface area contributed by atoms with Crippen molar-refractivity contribution in [3.05, 3.63) is 59.7 Å². The second-order valence-corrected chi connectivity index (χ2v) is 7.05. The summed E-state index contributed by atoms with van der Waals surface area (Å²) in [6, 6.07) is 13.2. The van der Waals surface area contributed by atoms with E-state index in [1.54, 1.807) is 42.5 Å². The van der Waals surface area contributed by atoms with Crippen molar-refractivity contribution >= 4 is 23.5 Å². The van der Waals surface area contributed by atoms with Gasteiger partial charge in [-0.05, 0) is 55.3 Å². The first-order valence-electron chi connectivity index (χ1n) is 9.68. The Kier molecular flexibility index (Phi) is 6.84. The molecule has 1 saturated carbocycles. The maximum absolute atomic E-state index is 12.4. The van der Waals surface area contributed by atoms with Crippen LogP contribution >= 0.6 is 0 Å². The van der Waals surface area contributed by atoms with Crippen molar-refractivity contribution in [1.82, 2.24) is 5.32 Å². The molecule has 1 fully saturated rings. The molecule has 7 heteroatoms. The second-order valence-electron chi connectivity index (χ2n) is 7.05. The van der Waals surface area contributed by atoms with Gasteiger partial charge < -0.3 is 20.5 Å². The predicted molar refractivity (Wildman–Crippen MR) is 108 cm³/mol. The Balaban J connectivity index is 1.57. The number of nitrogens with one attached hydrogen (secondary N) is 2. The summed E-state index contributed by atoms with van der Waals surface area (Å²) >= 11 is 0. The molecule has 0 radical (unpaired) electrons. The van der Waals surface area contributed by atoms with Gasteiger partial charge in [0.25, 0.3) is 11.8 Å². The SMILES string of the molecule is O=C(O)COc1cccc(C(=O)Nc2ccc(C(=O)NC3CCCCC3)cc2)c1. The van der Waals surface area contributed by atoms with Crippen LogP contribution in [0, 0.1) is 0 Å². The number of carbonyl (C=O) groups is 3. The first-order valence-corrected chi connectivity index (χ1v) is 9.68. The van der Waals surface area contributed by atoms with Crippen molar-refractivity contribution in [1.29, 1.82) is 0 Å². The molecule has 2 amide bonds. The van der Waals surface area contributed by atoms with E-state index in [0.29, 0.717) is 22.6 Å². The minimum absolute atomic E-state index is 0.0990. The number of aliphatic carboxylic acids is 1. The Morgan fingerprint density at radius 2 is 1.66 bits per heavy atom. The lowest BCUT2D eigenvalue weighted by atomic mass is 9.95. The van der Waals surface area contributed by atoms with Crippen LogP contribution in [-0.4, -0.2) is 35.5 Å². The summed E-state index contributed by atoms with van der Waals surface area (Å²) in [5, 5.41) is 14.5. The number of ether oxygens (including phenoxy) is 1. The van der Waals surface area contributed by atoms with Crippen molar-refractivity contribution in [3.63, 3.8) is 0 Å². The van der Waals surface area contributed by atoms with Crippen LogP contribution in [0.15, 0.2) is 48.5 Å². The van der Waals surface area contributed by atoms with Crippen molar-refractivity contribution in [2.45, 2.75) is 38.1 Å². The number of benzene rings is 2. The van der Waals surface area contributed by atoms with Crippen LogP contribution < -0.4 is 15.4 Å². The molecule has 152 valence electrons. The highest BCUT2D eigenvalue weighted by Crippen LogP contribution is 2.19. The van der Waals surface area contributed by atoms with E-state index in [0.717, 1.165) is 25.7 Å². The van der Waals surface area contributed by atoms with Crippen LogP contribution in [0.5, 0.6) is 5.75 Å². The first kappa shape index (κ1) is 20.4. The average molecular weight is 396 g/mol. The summed E-state index contributed by atoms with van der Waals surface area (Å²) in [5.41, 5.74) is 1.45. The van der Waals surface area contributed by atoms with E-state index >= 15 is 0 Å². The molecule has 1 aliphatic rings. The van der Waals surface area contributed by atoms with Crippen molar-refractivity contribution in [3.8, 4) is 5.75 Å².